The molecule has 0 unspecified atom stereocenters. The molecule has 0 aliphatic rings. The van der Waals surface area contributed by atoms with Crippen LogP contribution in [0.4, 0.5) is 17.1 Å². The van der Waals surface area contributed by atoms with Crippen molar-refractivity contribution in [1.29, 1.82) is 0 Å². The lowest BCUT2D eigenvalue weighted by atomic mass is 10.1. The lowest BCUT2D eigenvalue weighted by Gasteiger charge is -2.25. The fraction of sp³-hybridized carbons (Fsp3) is 0.0476. The van der Waals surface area contributed by atoms with Crippen LogP contribution in [0.3, 0.4) is 0 Å². The minimum absolute atomic E-state index is 0.899. The second-order valence-corrected chi connectivity index (χ2v) is 5.65. The van der Waals surface area contributed by atoms with E-state index in [-0.39, 0.29) is 0 Å². The SMILES string of the molecule is Cc1cccc(N(c2ccccc2)c2ccc3ccoc3c2)c1. The van der Waals surface area contributed by atoms with E-state index in [0.717, 1.165) is 28.0 Å². The quantitative estimate of drug-likeness (QED) is 0.447. The number of fused-ring (bicyclic) bond motifs is 1. The van der Waals surface area contributed by atoms with E-state index in [0.29, 0.717) is 0 Å². The molecule has 0 saturated carbocycles. The van der Waals surface area contributed by atoms with E-state index in [9.17, 15) is 0 Å². The normalized spacial score (nSPS) is 10.8. The molecular formula is C21H17NO. The fourth-order valence-electron chi connectivity index (χ4n) is 2.87. The third kappa shape index (κ3) is 2.59. The Morgan fingerprint density at radius 3 is 2.30 bits per heavy atom. The van der Waals surface area contributed by atoms with Gasteiger partial charge in [-0.25, -0.2) is 0 Å². The number of benzene rings is 3. The van der Waals surface area contributed by atoms with Gasteiger partial charge in [-0.15, -0.1) is 0 Å². The van der Waals surface area contributed by atoms with Crippen LogP contribution in [0.2, 0.25) is 0 Å². The van der Waals surface area contributed by atoms with Crippen molar-refractivity contribution in [3.05, 3.63) is 90.7 Å². The van der Waals surface area contributed by atoms with E-state index in [2.05, 4.69) is 78.6 Å². The zero-order chi connectivity index (χ0) is 15.6. The van der Waals surface area contributed by atoms with Crippen LogP contribution in [0, 0.1) is 6.92 Å². The Labute approximate surface area is 135 Å². The standard InChI is InChI=1S/C21H17NO/c1-16-6-5-9-19(14-16)22(18-7-3-2-4-8-18)20-11-10-17-12-13-23-21(17)15-20/h2-15H,1H3. The molecule has 0 N–H and O–H groups in total. The van der Waals surface area contributed by atoms with Crippen LogP contribution in [0.5, 0.6) is 0 Å². The van der Waals surface area contributed by atoms with Crippen LogP contribution in [-0.4, -0.2) is 0 Å². The molecule has 4 rings (SSSR count). The average Bonchev–Trinajstić information content (AvgIpc) is 3.04. The number of nitrogens with zero attached hydrogens (tertiary/aromatic N) is 1. The first-order valence-corrected chi connectivity index (χ1v) is 7.70. The molecule has 0 bridgehead atoms. The lowest BCUT2D eigenvalue weighted by molar-refractivity contribution is 0.616. The van der Waals surface area contributed by atoms with Gasteiger partial charge in [0.2, 0.25) is 0 Å². The number of aryl methyl sites for hydroxylation is 1. The van der Waals surface area contributed by atoms with Gasteiger partial charge in [-0.1, -0.05) is 30.3 Å². The van der Waals surface area contributed by atoms with E-state index in [4.69, 9.17) is 4.42 Å². The van der Waals surface area contributed by atoms with Gasteiger partial charge in [-0.2, -0.15) is 0 Å². The maximum absolute atomic E-state index is 5.58. The van der Waals surface area contributed by atoms with E-state index < -0.39 is 0 Å². The summed E-state index contributed by atoms with van der Waals surface area (Å²) in [6.07, 6.45) is 1.73. The summed E-state index contributed by atoms with van der Waals surface area (Å²) >= 11 is 0. The smallest absolute Gasteiger partial charge is 0.135 e. The van der Waals surface area contributed by atoms with Crippen LogP contribution in [0.1, 0.15) is 5.56 Å². The molecule has 2 nitrogen and oxygen atoms in total. The van der Waals surface area contributed by atoms with Gasteiger partial charge in [0, 0.05) is 28.5 Å². The lowest BCUT2D eigenvalue weighted by Crippen LogP contribution is -2.09. The highest BCUT2D eigenvalue weighted by Gasteiger charge is 2.13. The summed E-state index contributed by atoms with van der Waals surface area (Å²) in [4.78, 5) is 2.24. The summed E-state index contributed by atoms with van der Waals surface area (Å²) in [5.41, 5.74) is 5.49. The number of anilines is 3. The molecule has 0 saturated heterocycles. The van der Waals surface area contributed by atoms with Gasteiger partial charge in [0.05, 0.1) is 6.26 Å². The third-order valence-electron chi connectivity index (χ3n) is 3.97. The molecule has 1 aromatic heterocycles. The molecule has 1 heterocycles. The maximum Gasteiger partial charge on any atom is 0.135 e. The third-order valence-corrected chi connectivity index (χ3v) is 3.97. The molecule has 0 amide bonds. The van der Waals surface area contributed by atoms with E-state index in [1.54, 1.807) is 6.26 Å². The molecule has 2 heteroatoms. The van der Waals surface area contributed by atoms with E-state index in [1.807, 2.05) is 12.1 Å². The second kappa shape index (κ2) is 5.65. The van der Waals surface area contributed by atoms with Gasteiger partial charge in [0.25, 0.3) is 0 Å². The van der Waals surface area contributed by atoms with Gasteiger partial charge < -0.3 is 9.32 Å². The molecule has 0 spiro atoms. The molecule has 112 valence electrons. The first-order valence-electron chi connectivity index (χ1n) is 7.70. The monoisotopic (exact) mass is 299 g/mol. The van der Waals surface area contributed by atoms with Crippen molar-refractivity contribution < 1.29 is 4.42 Å². The summed E-state index contributed by atoms with van der Waals surface area (Å²) in [5, 5.41) is 1.12. The van der Waals surface area contributed by atoms with E-state index in [1.165, 1.54) is 5.56 Å². The van der Waals surface area contributed by atoms with Gasteiger partial charge >= 0.3 is 0 Å². The number of hydrogen-bond donors (Lipinski definition) is 0. The average molecular weight is 299 g/mol. The first-order chi connectivity index (χ1) is 11.3. The Morgan fingerprint density at radius 2 is 1.48 bits per heavy atom. The zero-order valence-corrected chi connectivity index (χ0v) is 12.9. The molecule has 0 radical (unpaired) electrons. The molecule has 0 fully saturated rings. The molecule has 0 aliphatic carbocycles. The topological polar surface area (TPSA) is 16.4 Å². The van der Waals surface area contributed by atoms with Crippen LogP contribution in [0.25, 0.3) is 11.0 Å². The van der Waals surface area contributed by atoms with Gasteiger partial charge in [0.15, 0.2) is 0 Å². The van der Waals surface area contributed by atoms with Crippen molar-refractivity contribution in [3.8, 4) is 0 Å². The predicted molar refractivity (Wildman–Crippen MR) is 95.6 cm³/mol. The Bertz CT molecular complexity index is 940. The van der Waals surface area contributed by atoms with Crippen molar-refractivity contribution in [2.24, 2.45) is 0 Å². The Balaban J connectivity index is 1.91. The van der Waals surface area contributed by atoms with Crippen LogP contribution >= 0.6 is 0 Å². The Morgan fingerprint density at radius 1 is 0.696 bits per heavy atom. The Kier molecular flexibility index (Phi) is 3.35. The van der Waals surface area contributed by atoms with Crippen molar-refractivity contribution in [2.75, 3.05) is 4.90 Å². The highest BCUT2D eigenvalue weighted by atomic mass is 16.3. The minimum Gasteiger partial charge on any atom is -0.464 e. The Hall–Kier alpha value is -3.00. The van der Waals surface area contributed by atoms with Crippen molar-refractivity contribution in [3.63, 3.8) is 0 Å². The minimum atomic E-state index is 0.899. The second-order valence-electron chi connectivity index (χ2n) is 5.65. The van der Waals surface area contributed by atoms with Gasteiger partial charge in [-0.05, 0) is 55.0 Å². The molecular weight excluding hydrogens is 282 g/mol. The highest BCUT2D eigenvalue weighted by molar-refractivity contribution is 5.85. The van der Waals surface area contributed by atoms with Crippen LogP contribution in [-0.2, 0) is 0 Å². The number of para-hydroxylation sites is 1. The molecule has 23 heavy (non-hydrogen) atoms. The summed E-state index contributed by atoms with van der Waals surface area (Å²) in [7, 11) is 0. The first kappa shape index (κ1) is 13.6. The van der Waals surface area contributed by atoms with Crippen LogP contribution in [0.15, 0.2) is 89.5 Å². The van der Waals surface area contributed by atoms with Crippen LogP contribution < -0.4 is 4.90 Å². The van der Waals surface area contributed by atoms with Gasteiger partial charge in [0.1, 0.15) is 5.58 Å². The number of rotatable bonds is 3. The summed E-state index contributed by atoms with van der Waals surface area (Å²) in [6, 6.07) is 27.2. The van der Waals surface area contributed by atoms with E-state index >= 15 is 0 Å². The zero-order valence-electron chi connectivity index (χ0n) is 12.9. The van der Waals surface area contributed by atoms with Crippen molar-refractivity contribution >= 4 is 28.0 Å². The predicted octanol–water partition coefficient (Wildman–Crippen LogP) is 6.21. The number of hydrogen-bond acceptors (Lipinski definition) is 2. The summed E-state index contributed by atoms with van der Waals surface area (Å²) in [6.45, 7) is 2.11. The largest absolute Gasteiger partial charge is 0.464 e. The molecule has 3 aromatic carbocycles. The molecule has 0 atom stereocenters. The van der Waals surface area contributed by atoms with Crippen molar-refractivity contribution in [2.45, 2.75) is 6.92 Å². The summed E-state index contributed by atoms with van der Waals surface area (Å²) < 4.78 is 5.58. The maximum atomic E-state index is 5.58. The van der Waals surface area contributed by atoms with Gasteiger partial charge in [-0.3, -0.25) is 0 Å². The highest BCUT2D eigenvalue weighted by Crippen LogP contribution is 2.36. The molecule has 4 aromatic rings. The summed E-state index contributed by atoms with van der Waals surface area (Å²) in [5.74, 6) is 0. The fourth-order valence-corrected chi connectivity index (χ4v) is 2.87. The number of furan rings is 1. The molecule has 0 aliphatic heterocycles. The van der Waals surface area contributed by atoms with Crippen molar-refractivity contribution in [1.82, 2.24) is 0 Å².